The Bertz CT molecular complexity index is 657. The lowest BCUT2D eigenvalue weighted by Crippen LogP contribution is -2.33. The zero-order valence-electron chi connectivity index (χ0n) is 13.9. The van der Waals surface area contributed by atoms with Crippen LogP contribution in [0.3, 0.4) is 0 Å². The van der Waals surface area contributed by atoms with Gasteiger partial charge in [-0.05, 0) is 39.8 Å². The van der Waals surface area contributed by atoms with Gasteiger partial charge in [0.15, 0.2) is 0 Å². The van der Waals surface area contributed by atoms with Gasteiger partial charge in [0.1, 0.15) is 12.9 Å². The van der Waals surface area contributed by atoms with E-state index in [0.29, 0.717) is 0 Å². The van der Waals surface area contributed by atoms with Gasteiger partial charge in [0.2, 0.25) is 5.91 Å². The van der Waals surface area contributed by atoms with Gasteiger partial charge in [-0.25, -0.2) is 4.68 Å². The summed E-state index contributed by atoms with van der Waals surface area (Å²) >= 11 is 0. The van der Waals surface area contributed by atoms with Crippen LogP contribution in [0.5, 0.6) is 0 Å². The van der Waals surface area contributed by atoms with Crippen LogP contribution in [0.25, 0.3) is 0 Å². The van der Waals surface area contributed by atoms with Gasteiger partial charge in [-0.15, -0.1) is 5.10 Å². The van der Waals surface area contributed by atoms with E-state index in [1.807, 2.05) is 4.90 Å². The summed E-state index contributed by atoms with van der Waals surface area (Å²) in [4.78, 5) is 14.5. The van der Waals surface area contributed by atoms with Gasteiger partial charge in [0.05, 0.1) is 6.04 Å². The summed E-state index contributed by atoms with van der Waals surface area (Å²) in [5.41, 5.74) is 2.66. The molecule has 1 fully saturated rings. The summed E-state index contributed by atoms with van der Waals surface area (Å²) < 4.78 is 1.47. The second kappa shape index (κ2) is 6.10. The van der Waals surface area contributed by atoms with E-state index in [1.54, 1.807) is 0 Å². The summed E-state index contributed by atoms with van der Waals surface area (Å²) in [6.45, 7) is 7.62. The fraction of sp³-hybridized carbons (Fsp3) is 0.529. The highest BCUT2D eigenvalue weighted by Crippen LogP contribution is 2.33. The lowest BCUT2D eigenvalue weighted by atomic mass is 9.86. The third-order valence-electron chi connectivity index (χ3n) is 4.42. The second-order valence-corrected chi connectivity index (χ2v) is 7.12. The number of carbonyl (C=O) groups is 1. The number of hydrogen-bond donors (Lipinski definition) is 0. The molecule has 1 aromatic heterocycles. The molecule has 3 rings (SSSR count). The topological polar surface area (TPSA) is 63.9 Å². The monoisotopic (exact) mass is 313 g/mol. The number of rotatable bonds is 3. The highest BCUT2D eigenvalue weighted by Gasteiger charge is 2.30. The molecule has 2 aromatic rings. The smallest absolute Gasteiger partial charge is 0.244 e. The number of aromatic nitrogens is 4. The summed E-state index contributed by atoms with van der Waals surface area (Å²) in [7, 11) is 0. The highest BCUT2D eigenvalue weighted by molar-refractivity contribution is 5.76. The van der Waals surface area contributed by atoms with Gasteiger partial charge >= 0.3 is 0 Å². The largest absolute Gasteiger partial charge is 0.334 e. The first-order chi connectivity index (χ1) is 10.9. The standard InChI is InChI=1S/C17H23N5O/c1-17(2,3)14-8-6-13(7-9-14)15-5-4-10-22(15)16(23)11-21-12-18-19-20-21/h6-9,12,15H,4-5,10-11H2,1-3H3. The minimum Gasteiger partial charge on any atom is -0.334 e. The summed E-state index contributed by atoms with van der Waals surface area (Å²) in [6, 6.07) is 8.84. The average molecular weight is 313 g/mol. The van der Waals surface area contributed by atoms with Crippen LogP contribution in [-0.2, 0) is 16.8 Å². The second-order valence-electron chi connectivity index (χ2n) is 7.12. The molecule has 1 amide bonds. The molecular formula is C17H23N5O. The molecule has 0 N–H and O–H groups in total. The van der Waals surface area contributed by atoms with Gasteiger partial charge in [-0.2, -0.15) is 0 Å². The molecule has 0 aliphatic carbocycles. The maximum Gasteiger partial charge on any atom is 0.244 e. The summed E-state index contributed by atoms with van der Waals surface area (Å²) in [6.07, 6.45) is 3.52. The molecule has 0 bridgehead atoms. The van der Waals surface area contributed by atoms with Crippen LogP contribution in [0.2, 0.25) is 0 Å². The van der Waals surface area contributed by atoms with Crippen molar-refractivity contribution in [3.63, 3.8) is 0 Å². The Labute approximate surface area is 136 Å². The molecule has 1 saturated heterocycles. The van der Waals surface area contributed by atoms with Crippen LogP contribution in [0.15, 0.2) is 30.6 Å². The van der Waals surface area contributed by atoms with Gasteiger partial charge in [-0.3, -0.25) is 4.79 Å². The molecule has 0 radical (unpaired) electrons. The van der Waals surface area contributed by atoms with E-state index >= 15 is 0 Å². The Kier molecular flexibility index (Phi) is 4.15. The van der Waals surface area contributed by atoms with E-state index in [1.165, 1.54) is 22.1 Å². The molecule has 0 saturated carbocycles. The third kappa shape index (κ3) is 3.41. The molecule has 6 heteroatoms. The number of nitrogens with zero attached hydrogens (tertiary/aromatic N) is 5. The summed E-state index contributed by atoms with van der Waals surface area (Å²) in [5, 5.41) is 10.9. The van der Waals surface area contributed by atoms with E-state index in [2.05, 4.69) is 60.6 Å². The Morgan fingerprint density at radius 3 is 2.61 bits per heavy atom. The predicted molar refractivity (Wildman–Crippen MR) is 86.6 cm³/mol. The van der Waals surface area contributed by atoms with Crippen LogP contribution < -0.4 is 0 Å². The number of tetrazole rings is 1. The van der Waals surface area contributed by atoms with Crippen molar-refractivity contribution in [2.45, 2.75) is 51.6 Å². The normalized spacial score (nSPS) is 18.4. The fourth-order valence-electron chi connectivity index (χ4n) is 3.10. The Morgan fingerprint density at radius 1 is 1.26 bits per heavy atom. The van der Waals surface area contributed by atoms with Gasteiger partial charge in [0.25, 0.3) is 0 Å². The zero-order valence-corrected chi connectivity index (χ0v) is 13.9. The van der Waals surface area contributed by atoms with Crippen molar-refractivity contribution in [1.82, 2.24) is 25.1 Å². The third-order valence-corrected chi connectivity index (χ3v) is 4.42. The number of likely N-dealkylation sites (tertiary alicyclic amines) is 1. The SMILES string of the molecule is CC(C)(C)c1ccc(C2CCCN2C(=O)Cn2cnnn2)cc1. The number of carbonyl (C=O) groups excluding carboxylic acids is 1. The van der Waals surface area contributed by atoms with Crippen molar-refractivity contribution in [2.24, 2.45) is 0 Å². The maximum atomic E-state index is 12.5. The minimum absolute atomic E-state index is 0.0692. The number of benzene rings is 1. The molecular weight excluding hydrogens is 290 g/mol. The molecule has 23 heavy (non-hydrogen) atoms. The Balaban J connectivity index is 1.74. The van der Waals surface area contributed by atoms with Crippen LogP contribution in [0, 0.1) is 0 Å². The van der Waals surface area contributed by atoms with E-state index < -0.39 is 0 Å². The van der Waals surface area contributed by atoms with Gasteiger partial charge in [-0.1, -0.05) is 45.0 Å². The molecule has 0 spiro atoms. The lowest BCUT2D eigenvalue weighted by molar-refractivity contribution is -0.133. The molecule has 1 atom stereocenters. The molecule has 1 unspecified atom stereocenters. The van der Waals surface area contributed by atoms with Crippen LogP contribution in [0.4, 0.5) is 0 Å². The predicted octanol–water partition coefficient (Wildman–Crippen LogP) is 2.33. The Morgan fingerprint density at radius 2 is 2.00 bits per heavy atom. The van der Waals surface area contributed by atoms with E-state index in [-0.39, 0.29) is 23.9 Å². The molecule has 6 nitrogen and oxygen atoms in total. The van der Waals surface area contributed by atoms with E-state index in [9.17, 15) is 4.79 Å². The molecule has 2 heterocycles. The van der Waals surface area contributed by atoms with E-state index in [4.69, 9.17) is 0 Å². The van der Waals surface area contributed by atoms with Gasteiger partial charge in [0, 0.05) is 6.54 Å². The van der Waals surface area contributed by atoms with Crippen molar-refractivity contribution in [2.75, 3.05) is 6.54 Å². The lowest BCUT2D eigenvalue weighted by Gasteiger charge is -2.26. The first-order valence-electron chi connectivity index (χ1n) is 8.06. The highest BCUT2D eigenvalue weighted by atomic mass is 16.2. The molecule has 122 valence electrons. The quantitative estimate of drug-likeness (QED) is 0.872. The van der Waals surface area contributed by atoms with Crippen molar-refractivity contribution >= 4 is 5.91 Å². The number of amides is 1. The first-order valence-corrected chi connectivity index (χ1v) is 8.06. The minimum atomic E-state index is 0.0692. The summed E-state index contributed by atoms with van der Waals surface area (Å²) in [5.74, 6) is 0.0692. The fourth-order valence-corrected chi connectivity index (χ4v) is 3.10. The number of hydrogen-bond acceptors (Lipinski definition) is 4. The van der Waals surface area contributed by atoms with Gasteiger partial charge < -0.3 is 4.90 Å². The average Bonchev–Trinajstić information content (AvgIpc) is 3.17. The zero-order chi connectivity index (χ0) is 16.4. The first kappa shape index (κ1) is 15.6. The van der Waals surface area contributed by atoms with E-state index in [0.717, 1.165) is 19.4 Å². The molecule has 1 aromatic carbocycles. The van der Waals surface area contributed by atoms with Crippen molar-refractivity contribution in [1.29, 1.82) is 0 Å². The van der Waals surface area contributed by atoms with Crippen molar-refractivity contribution in [3.05, 3.63) is 41.7 Å². The molecule has 1 aliphatic rings. The maximum absolute atomic E-state index is 12.5. The Hall–Kier alpha value is -2.24. The van der Waals surface area contributed by atoms with Crippen LogP contribution in [0.1, 0.15) is 50.8 Å². The molecule has 1 aliphatic heterocycles. The van der Waals surface area contributed by atoms with Crippen molar-refractivity contribution < 1.29 is 4.79 Å². The van der Waals surface area contributed by atoms with Crippen molar-refractivity contribution in [3.8, 4) is 0 Å². The van der Waals surface area contributed by atoms with Crippen LogP contribution >= 0.6 is 0 Å². The van der Waals surface area contributed by atoms with Crippen LogP contribution in [-0.4, -0.2) is 37.6 Å².